The third-order valence-corrected chi connectivity index (χ3v) is 3.90. The first-order valence-electron chi connectivity index (χ1n) is 7.17. The van der Waals surface area contributed by atoms with Crippen molar-refractivity contribution in [3.63, 3.8) is 0 Å². The van der Waals surface area contributed by atoms with Gasteiger partial charge in [0.1, 0.15) is 5.78 Å². The first-order valence-corrected chi connectivity index (χ1v) is 7.17. The molecule has 1 rings (SSSR count). The lowest BCUT2D eigenvalue weighted by molar-refractivity contribution is -0.149. The molecule has 1 aliphatic rings. The molecule has 112 valence electrons. The highest BCUT2D eigenvalue weighted by molar-refractivity contribution is 5.81. The summed E-state index contributed by atoms with van der Waals surface area (Å²) >= 11 is 0. The fourth-order valence-corrected chi connectivity index (χ4v) is 2.92. The van der Waals surface area contributed by atoms with Crippen LogP contribution >= 0.6 is 0 Å². The predicted octanol–water partition coefficient (Wildman–Crippen LogP) is 3.66. The summed E-state index contributed by atoms with van der Waals surface area (Å²) < 4.78 is 37.2. The van der Waals surface area contributed by atoms with Crippen LogP contribution in [0.3, 0.4) is 0 Å². The maximum atomic E-state index is 12.4. The number of Topliss-reactive ketones (excluding diaryl/α,β-unsaturated/α-hetero) is 1. The minimum Gasteiger partial charge on any atom is -0.299 e. The Bertz CT molecular complexity index is 291. The van der Waals surface area contributed by atoms with E-state index < -0.39 is 12.7 Å². The van der Waals surface area contributed by atoms with E-state index in [4.69, 9.17) is 0 Å². The molecule has 0 N–H and O–H groups in total. The molecule has 19 heavy (non-hydrogen) atoms. The summed E-state index contributed by atoms with van der Waals surface area (Å²) in [6.45, 7) is 3.50. The number of nitrogens with zero attached hydrogens (tertiary/aromatic N) is 1. The van der Waals surface area contributed by atoms with Crippen molar-refractivity contribution in [3.05, 3.63) is 0 Å². The van der Waals surface area contributed by atoms with Gasteiger partial charge < -0.3 is 0 Å². The van der Waals surface area contributed by atoms with Gasteiger partial charge in [-0.1, -0.05) is 26.7 Å². The van der Waals surface area contributed by atoms with Crippen LogP contribution in [0.2, 0.25) is 0 Å². The Labute approximate surface area is 113 Å². The van der Waals surface area contributed by atoms with Crippen molar-refractivity contribution in [2.75, 3.05) is 19.6 Å². The van der Waals surface area contributed by atoms with E-state index in [-0.39, 0.29) is 18.2 Å². The van der Waals surface area contributed by atoms with Crippen molar-refractivity contribution in [2.24, 2.45) is 11.8 Å². The second-order valence-electron chi connectivity index (χ2n) is 5.54. The van der Waals surface area contributed by atoms with Gasteiger partial charge in [-0.3, -0.25) is 9.69 Å². The lowest BCUT2D eigenvalue weighted by Crippen LogP contribution is -2.41. The van der Waals surface area contributed by atoms with Crippen LogP contribution < -0.4 is 0 Å². The molecule has 0 spiro atoms. The van der Waals surface area contributed by atoms with E-state index in [1.165, 1.54) is 4.90 Å². The Morgan fingerprint density at radius 1 is 1.32 bits per heavy atom. The largest absolute Gasteiger partial charge is 0.401 e. The van der Waals surface area contributed by atoms with Gasteiger partial charge in [0, 0.05) is 18.9 Å². The minimum atomic E-state index is -4.18. The molecule has 0 bridgehead atoms. The van der Waals surface area contributed by atoms with Crippen molar-refractivity contribution in [1.29, 1.82) is 0 Å². The van der Waals surface area contributed by atoms with Gasteiger partial charge in [0.15, 0.2) is 0 Å². The van der Waals surface area contributed by atoms with E-state index in [0.29, 0.717) is 18.9 Å². The molecule has 5 heteroatoms. The Kier molecular flexibility index (Phi) is 6.30. The number of carbonyl (C=O) groups is 1. The molecule has 2 unspecified atom stereocenters. The van der Waals surface area contributed by atoms with Crippen LogP contribution in [-0.4, -0.2) is 36.5 Å². The third-order valence-electron chi connectivity index (χ3n) is 3.90. The second kappa shape index (κ2) is 7.27. The molecule has 0 aromatic heterocycles. The van der Waals surface area contributed by atoms with Crippen LogP contribution in [-0.2, 0) is 4.79 Å². The normalized spacial score (nSPS) is 25.1. The number of carbonyl (C=O) groups excluding carboxylic acids is 1. The highest BCUT2D eigenvalue weighted by Crippen LogP contribution is 2.30. The zero-order chi connectivity index (χ0) is 14.5. The molecule has 0 aliphatic heterocycles. The van der Waals surface area contributed by atoms with Crippen molar-refractivity contribution in [3.8, 4) is 0 Å². The minimum absolute atomic E-state index is 0.146. The molecule has 0 amide bonds. The summed E-state index contributed by atoms with van der Waals surface area (Å²) in [6.07, 6.45) is 0.186. The van der Waals surface area contributed by atoms with E-state index >= 15 is 0 Å². The zero-order valence-electron chi connectivity index (χ0n) is 11.8. The molecule has 0 saturated heterocycles. The van der Waals surface area contributed by atoms with Gasteiger partial charge in [0.05, 0.1) is 6.54 Å². The van der Waals surface area contributed by atoms with Crippen molar-refractivity contribution in [1.82, 2.24) is 4.90 Å². The molecule has 1 aliphatic carbocycles. The van der Waals surface area contributed by atoms with Gasteiger partial charge >= 0.3 is 6.18 Å². The molecule has 0 aromatic rings. The number of halogens is 3. The van der Waals surface area contributed by atoms with Crippen LogP contribution in [0.1, 0.15) is 46.0 Å². The number of rotatable bonds is 6. The Morgan fingerprint density at radius 3 is 2.53 bits per heavy atom. The second-order valence-corrected chi connectivity index (χ2v) is 5.54. The van der Waals surface area contributed by atoms with Crippen molar-refractivity contribution < 1.29 is 18.0 Å². The number of ketones is 1. The van der Waals surface area contributed by atoms with Crippen LogP contribution in [0.5, 0.6) is 0 Å². The van der Waals surface area contributed by atoms with Gasteiger partial charge in [-0.2, -0.15) is 13.2 Å². The fraction of sp³-hybridized carbons (Fsp3) is 0.929. The van der Waals surface area contributed by atoms with Crippen LogP contribution in [0.15, 0.2) is 0 Å². The van der Waals surface area contributed by atoms with Crippen LogP contribution in [0.25, 0.3) is 0 Å². The Balaban J connectivity index is 2.53. The number of alkyl halides is 3. The first-order chi connectivity index (χ1) is 8.85. The van der Waals surface area contributed by atoms with Crippen molar-refractivity contribution in [2.45, 2.75) is 52.1 Å². The summed E-state index contributed by atoms with van der Waals surface area (Å²) in [6, 6.07) is 0. The van der Waals surface area contributed by atoms with Crippen LogP contribution in [0.4, 0.5) is 13.2 Å². The summed E-state index contributed by atoms with van der Waals surface area (Å²) in [7, 11) is 0. The maximum absolute atomic E-state index is 12.4. The summed E-state index contributed by atoms with van der Waals surface area (Å²) in [5, 5.41) is 0. The molecule has 1 saturated carbocycles. The van der Waals surface area contributed by atoms with E-state index in [9.17, 15) is 18.0 Å². The molecule has 0 aromatic carbocycles. The number of hydrogen-bond acceptors (Lipinski definition) is 2. The quantitative estimate of drug-likeness (QED) is 0.739. The molecule has 0 radical (unpaired) electrons. The molecule has 2 nitrogen and oxygen atoms in total. The van der Waals surface area contributed by atoms with E-state index in [1.54, 1.807) is 6.92 Å². The number of hydrogen-bond donors (Lipinski definition) is 0. The first kappa shape index (κ1) is 16.5. The van der Waals surface area contributed by atoms with Crippen molar-refractivity contribution >= 4 is 5.78 Å². The smallest absolute Gasteiger partial charge is 0.299 e. The van der Waals surface area contributed by atoms with Gasteiger partial charge in [0.2, 0.25) is 0 Å². The summed E-state index contributed by atoms with van der Waals surface area (Å²) in [5.74, 6) is 0.456. The average Bonchev–Trinajstić information content (AvgIpc) is 2.31. The SMILES string of the molecule is CCCC1CCC(=O)C(CN(CC)CC(F)(F)F)C1. The monoisotopic (exact) mass is 279 g/mol. The van der Waals surface area contributed by atoms with E-state index in [2.05, 4.69) is 6.92 Å². The molecule has 0 heterocycles. The average molecular weight is 279 g/mol. The maximum Gasteiger partial charge on any atom is 0.401 e. The highest BCUT2D eigenvalue weighted by Gasteiger charge is 2.34. The van der Waals surface area contributed by atoms with Gasteiger partial charge in [-0.25, -0.2) is 0 Å². The predicted molar refractivity (Wildman–Crippen MR) is 68.9 cm³/mol. The van der Waals surface area contributed by atoms with Gasteiger partial charge in [-0.15, -0.1) is 0 Å². The van der Waals surface area contributed by atoms with E-state index in [1.807, 2.05) is 0 Å². The lowest BCUT2D eigenvalue weighted by Gasteiger charge is -2.32. The van der Waals surface area contributed by atoms with Gasteiger partial charge in [-0.05, 0) is 25.3 Å². The topological polar surface area (TPSA) is 20.3 Å². The zero-order valence-corrected chi connectivity index (χ0v) is 11.8. The molecular formula is C14H24F3NO. The Hall–Kier alpha value is -0.580. The molecule has 1 fully saturated rings. The van der Waals surface area contributed by atoms with Gasteiger partial charge in [0.25, 0.3) is 0 Å². The Morgan fingerprint density at radius 2 is 2.00 bits per heavy atom. The molecular weight excluding hydrogens is 255 g/mol. The summed E-state index contributed by atoms with van der Waals surface area (Å²) in [5.41, 5.74) is 0. The third kappa shape index (κ3) is 5.93. The molecule has 2 atom stereocenters. The fourth-order valence-electron chi connectivity index (χ4n) is 2.92. The standard InChI is InChI=1S/C14H24F3NO/c1-3-5-11-6-7-13(19)12(8-11)9-18(4-2)10-14(15,16)17/h11-12H,3-10H2,1-2H3. The van der Waals surface area contributed by atoms with Crippen LogP contribution in [0, 0.1) is 11.8 Å². The summed E-state index contributed by atoms with van der Waals surface area (Å²) in [4.78, 5) is 13.2. The highest BCUT2D eigenvalue weighted by atomic mass is 19.4. The lowest BCUT2D eigenvalue weighted by atomic mass is 9.78. The van der Waals surface area contributed by atoms with E-state index in [0.717, 1.165) is 25.7 Å².